The van der Waals surface area contributed by atoms with Gasteiger partial charge in [-0.1, -0.05) is 36.4 Å². The number of ether oxygens (including phenoxy) is 2. The normalized spacial score (nSPS) is 11.2. The molecule has 0 bridgehead atoms. The van der Waals surface area contributed by atoms with Gasteiger partial charge in [0.15, 0.2) is 11.5 Å². The smallest absolute Gasteiger partial charge is 0.416 e. The molecule has 0 spiro atoms. The summed E-state index contributed by atoms with van der Waals surface area (Å²) in [5, 5.41) is 6.07. The zero-order chi connectivity index (χ0) is 26.1. The molecule has 0 heterocycles. The largest absolute Gasteiger partial charge is 0.493 e. The molecule has 0 saturated carbocycles. The number of carbonyl (C=O) groups excluding carboxylic acids is 2. The van der Waals surface area contributed by atoms with Gasteiger partial charge in [-0.2, -0.15) is 18.3 Å². The second-order valence-electron chi connectivity index (χ2n) is 7.41. The van der Waals surface area contributed by atoms with Crippen LogP contribution in [0.3, 0.4) is 0 Å². The van der Waals surface area contributed by atoms with Gasteiger partial charge in [0.2, 0.25) is 11.8 Å². The van der Waals surface area contributed by atoms with Gasteiger partial charge in [0, 0.05) is 5.69 Å². The number of methoxy groups -OCH3 is 1. The highest BCUT2D eigenvalue weighted by atomic mass is 79.9. The molecule has 0 saturated heterocycles. The molecule has 7 nitrogen and oxygen atoms in total. The van der Waals surface area contributed by atoms with E-state index in [1.807, 2.05) is 30.3 Å². The van der Waals surface area contributed by atoms with Gasteiger partial charge in [0.05, 0.1) is 23.4 Å². The van der Waals surface area contributed by atoms with Crippen LogP contribution in [0.5, 0.6) is 11.5 Å². The van der Waals surface area contributed by atoms with Crippen molar-refractivity contribution in [1.82, 2.24) is 5.43 Å². The predicted octanol–water partition coefficient (Wildman–Crippen LogP) is 5.53. The highest BCUT2D eigenvalue weighted by Crippen LogP contribution is 2.37. The van der Waals surface area contributed by atoms with Crippen LogP contribution in [-0.4, -0.2) is 25.1 Å². The van der Waals surface area contributed by atoms with E-state index in [-0.39, 0.29) is 5.69 Å². The Hall–Kier alpha value is -3.86. The molecule has 0 radical (unpaired) electrons. The standard InChI is InChI=1S/C25H21BrF3N3O4/c1-35-21-11-17(10-20(26)24(21)36-15-16-6-3-2-4-7-16)14-30-32-23(34)13-22(33)31-19-9-5-8-18(12-19)25(27,28)29/h2-12,14H,13,15H2,1H3,(H,31,33)(H,32,34). The van der Waals surface area contributed by atoms with Crippen molar-refractivity contribution in [2.24, 2.45) is 5.10 Å². The molecule has 3 aromatic rings. The Morgan fingerprint density at radius 2 is 1.78 bits per heavy atom. The van der Waals surface area contributed by atoms with E-state index in [2.05, 4.69) is 31.8 Å². The fourth-order valence-corrected chi connectivity index (χ4v) is 3.60. The number of rotatable bonds is 9. The Kier molecular flexibility index (Phi) is 9.07. The van der Waals surface area contributed by atoms with Gasteiger partial charge in [-0.25, -0.2) is 5.43 Å². The van der Waals surface area contributed by atoms with E-state index in [0.717, 1.165) is 23.8 Å². The summed E-state index contributed by atoms with van der Waals surface area (Å²) in [6.45, 7) is 0.335. The average molecular weight is 564 g/mol. The van der Waals surface area contributed by atoms with Gasteiger partial charge in [-0.05, 0) is 57.4 Å². The van der Waals surface area contributed by atoms with Crippen molar-refractivity contribution in [3.8, 4) is 11.5 Å². The Balaban J connectivity index is 1.55. The summed E-state index contributed by atoms with van der Waals surface area (Å²) in [5.41, 5.74) is 2.77. The van der Waals surface area contributed by atoms with Crippen LogP contribution in [0.25, 0.3) is 0 Å². The third-order valence-electron chi connectivity index (χ3n) is 4.68. The fourth-order valence-electron chi connectivity index (χ4n) is 3.03. The minimum atomic E-state index is -4.54. The molecule has 0 aliphatic heterocycles. The maximum Gasteiger partial charge on any atom is 0.416 e. The average Bonchev–Trinajstić information content (AvgIpc) is 2.83. The number of hydrazone groups is 1. The van der Waals surface area contributed by atoms with Crippen LogP contribution in [0.4, 0.5) is 18.9 Å². The third-order valence-corrected chi connectivity index (χ3v) is 5.26. The summed E-state index contributed by atoms with van der Waals surface area (Å²) in [6, 6.07) is 17.1. The number of carbonyl (C=O) groups is 2. The maximum atomic E-state index is 12.8. The molecule has 188 valence electrons. The first-order valence-electron chi connectivity index (χ1n) is 10.5. The molecule has 0 aliphatic rings. The number of hydrogen-bond acceptors (Lipinski definition) is 5. The molecule has 3 rings (SSSR count). The van der Waals surface area contributed by atoms with Crippen molar-refractivity contribution in [3.63, 3.8) is 0 Å². The molecular weight excluding hydrogens is 543 g/mol. The van der Waals surface area contributed by atoms with Crippen LogP contribution in [0.15, 0.2) is 76.3 Å². The molecular formula is C25H21BrF3N3O4. The lowest BCUT2D eigenvalue weighted by molar-refractivity contribution is -0.137. The van der Waals surface area contributed by atoms with E-state index in [0.29, 0.717) is 28.1 Å². The lowest BCUT2D eigenvalue weighted by Gasteiger charge is -2.13. The van der Waals surface area contributed by atoms with Gasteiger partial charge in [-0.15, -0.1) is 0 Å². The maximum absolute atomic E-state index is 12.8. The van der Waals surface area contributed by atoms with Crippen LogP contribution in [0.1, 0.15) is 23.1 Å². The summed E-state index contributed by atoms with van der Waals surface area (Å²) >= 11 is 3.44. The molecule has 3 aromatic carbocycles. The fraction of sp³-hybridized carbons (Fsp3) is 0.160. The lowest BCUT2D eigenvalue weighted by atomic mass is 10.2. The van der Waals surface area contributed by atoms with E-state index in [9.17, 15) is 22.8 Å². The summed E-state index contributed by atoms with van der Waals surface area (Å²) in [6.07, 6.45) is -3.83. The van der Waals surface area contributed by atoms with Crippen LogP contribution in [0.2, 0.25) is 0 Å². The number of nitrogens with zero attached hydrogens (tertiary/aromatic N) is 1. The summed E-state index contributed by atoms with van der Waals surface area (Å²) in [7, 11) is 1.49. The van der Waals surface area contributed by atoms with E-state index in [1.54, 1.807) is 12.1 Å². The molecule has 0 aromatic heterocycles. The Bertz CT molecular complexity index is 1250. The predicted molar refractivity (Wildman–Crippen MR) is 132 cm³/mol. The molecule has 0 fully saturated rings. The highest BCUT2D eigenvalue weighted by molar-refractivity contribution is 9.10. The summed E-state index contributed by atoms with van der Waals surface area (Å²) < 4.78 is 50.2. The SMILES string of the molecule is COc1cc(C=NNC(=O)CC(=O)Nc2cccc(C(F)(F)F)c2)cc(Br)c1OCc1ccccc1. The first-order chi connectivity index (χ1) is 17.2. The summed E-state index contributed by atoms with van der Waals surface area (Å²) in [5.74, 6) is -0.599. The third kappa shape index (κ3) is 7.84. The molecule has 0 atom stereocenters. The van der Waals surface area contributed by atoms with Crippen LogP contribution < -0.4 is 20.2 Å². The van der Waals surface area contributed by atoms with E-state index in [4.69, 9.17) is 9.47 Å². The van der Waals surface area contributed by atoms with Crippen molar-refractivity contribution in [2.45, 2.75) is 19.2 Å². The zero-order valence-electron chi connectivity index (χ0n) is 18.9. The van der Waals surface area contributed by atoms with E-state index >= 15 is 0 Å². The van der Waals surface area contributed by atoms with Crippen molar-refractivity contribution in [2.75, 3.05) is 12.4 Å². The second kappa shape index (κ2) is 12.2. The van der Waals surface area contributed by atoms with Gasteiger partial charge < -0.3 is 14.8 Å². The Labute approximate surface area is 213 Å². The highest BCUT2D eigenvalue weighted by Gasteiger charge is 2.30. The Morgan fingerprint density at radius 1 is 1.03 bits per heavy atom. The van der Waals surface area contributed by atoms with Crippen LogP contribution >= 0.6 is 15.9 Å². The van der Waals surface area contributed by atoms with Crippen molar-refractivity contribution < 1.29 is 32.2 Å². The number of nitrogens with one attached hydrogen (secondary N) is 2. The quantitative estimate of drug-likeness (QED) is 0.203. The topological polar surface area (TPSA) is 89.0 Å². The summed E-state index contributed by atoms with van der Waals surface area (Å²) in [4.78, 5) is 24.0. The van der Waals surface area contributed by atoms with Crippen molar-refractivity contribution in [3.05, 3.63) is 87.9 Å². The number of hydrogen-bond donors (Lipinski definition) is 2. The van der Waals surface area contributed by atoms with Crippen molar-refractivity contribution >= 4 is 39.6 Å². The molecule has 2 amide bonds. The molecule has 2 N–H and O–H groups in total. The first kappa shape index (κ1) is 26.7. The minimum absolute atomic E-state index is 0.0716. The van der Waals surface area contributed by atoms with E-state index < -0.39 is 30.0 Å². The van der Waals surface area contributed by atoms with Crippen LogP contribution in [-0.2, 0) is 22.4 Å². The van der Waals surface area contributed by atoms with E-state index in [1.165, 1.54) is 19.4 Å². The van der Waals surface area contributed by atoms with Gasteiger partial charge in [0.25, 0.3) is 0 Å². The first-order valence-corrected chi connectivity index (χ1v) is 11.3. The number of benzene rings is 3. The molecule has 0 aliphatic carbocycles. The second-order valence-corrected chi connectivity index (χ2v) is 8.26. The number of amides is 2. The number of anilines is 1. The minimum Gasteiger partial charge on any atom is -0.493 e. The van der Waals surface area contributed by atoms with Gasteiger partial charge in [0.1, 0.15) is 13.0 Å². The van der Waals surface area contributed by atoms with Crippen LogP contribution in [0, 0.1) is 0 Å². The number of halogens is 4. The van der Waals surface area contributed by atoms with Crippen molar-refractivity contribution in [1.29, 1.82) is 0 Å². The lowest BCUT2D eigenvalue weighted by Crippen LogP contribution is -2.24. The molecule has 0 unspecified atom stereocenters. The van der Waals surface area contributed by atoms with Gasteiger partial charge >= 0.3 is 6.18 Å². The zero-order valence-corrected chi connectivity index (χ0v) is 20.5. The molecule has 11 heteroatoms. The number of alkyl halides is 3. The Morgan fingerprint density at radius 3 is 2.47 bits per heavy atom. The molecule has 36 heavy (non-hydrogen) atoms. The monoisotopic (exact) mass is 563 g/mol. The van der Waals surface area contributed by atoms with Gasteiger partial charge in [-0.3, -0.25) is 9.59 Å².